The van der Waals surface area contributed by atoms with E-state index in [9.17, 15) is 21.6 Å². The van der Waals surface area contributed by atoms with E-state index in [1.165, 1.54) is 24.5 Å². The minimum atomic E-state index is -4.68. The zero-order valence-corrected chi connectivity index (χ0v) is 19.0. The predicted octanol–water partition coefficient (Wildman–Crippen LogP) is 2.58. The molecule has 0 aliphatic carbocycles. The number of hydrogen-bond donors (Lipinski definition) is 0. The third-order valence-corrected chi connectivity index (χ3v) is 6.33. The van der Waals surface area contributed by atoms with Gasteiger partial charge in [-0.1, -0.05) is 12.1 Å². The molecule has 0 N–H and O–H groups in total. The summed E-state index contributed by atoms with van der Waals surface area (Å²) in [5, 5.41) is 3.44. The van der Waals surface area contributed by atoms with Crippen molar-refractivity contribution in [3.63, 3.8) is 0 Å². The summed E-state index contributed by atoms with van der Waals surface area (Å²) in [4.78, 5) is 15.9. The first-order valence-electron chi connectivity index (χ1n) is 10.2. The van der Waals surface area contributed by atoms with Gasteiger partial charge in [-0.2, -0.15) is 18.2 Å². The number of sulfone groups is 1. The van der Waals surface area contributed by atoms with Crippen LogP contribution in [0.1, 0.15) is 18.4 Å². The maximum Gasteiger partial charge on any atom is 0.471 e. The third-order valence-electron chi connectivity index (χ3n) is 5.20. The molecule has 3 heterocycles. The summed E-state index contributed by atoms with van der Waals surface area (Å²) in [5.74, 6) is -0.578. The first-order chi connectivity index (χ1) is 16.0. The highest BCUT2D eigenvalue weighted by Gasteiger charge is 2.39. The van der Waals surface area contributed by atoms with Gasteiger partial charge in [0.2, 0.25) is 5.95 Å². The Labute approximate surface area is 193 Å². The molecule has 14 heteroatoms. The van der Waals surface area contributed by atoms with Crippen LogP contribution >= 0.6 is 0 Å². The molecule has 0 radical (unpaired) electrons. The van der Waals surface area contributed by atoms with E-state index in [-0.39, 0.29) is 23.5 Å². The summed E-state index contributed by atoms with van der Waals surface area (Å²) in [6, 6.07) is 6.27. The van der Waals surface area contributed by atoms with Crippen molar-refractivity contribution in [2.75, 3.05) is 35.7 Å². The number of piperazine rings is 1. The lowest BCUT2D eigenvalue weighted by molar-refractivity contribution is -0.159. The fraction of sp³-hybridized carbons (Fsp3) is 0.400. The van der Waals surface area contributed by atoms with Gasteiger partial charge in [0.25, 0.3) is 5.95 Å². The average Bonchev–Trinajstić information content (AvgIpc) is 3.29. The lowest BCUT2D eigenvalue weighted by Crippen LogP contribution is -2.53. The van der Waals surface area contributed by atoms with Crippen molar-refractivity contribution in [2.45, 2.75) is 30.6 Å². The fourth-order valence-electron chi connectivity index (χ4n) is 3.43. The van der Waals surface area contributed by atoms with E-state index in [1.54, 1.807) is 17.0 Å². The second kappa shape index (κ2) is 9.08. The zero-order valence-electron chi connectivity index (χ0n) is 18.2. The molecular weight excluding hydrogens is 477 g/mol. The fourth-order valence-corrected chi connectivity index (χ4v) is 4.06. The van der Waals surface area contributed by atoms with Crippen LogP contribution in [0.15, 0.2) is 46.1 Å². The van der Waals surface area contributed by atoms with Crippen molar-refractivity contribution in [3.8, 4) is 5.75 Å². The van der Waals surface area contributed by atoms with Gasteiger partial charge in [0.05, 0.1) is 17.3 Å². The van der Waals surface area contributed by atoms with Gasteiger partial charge in [-0.15, -0.1) is 0 Å². The summed E-state index contributed by atoms with van der Waals surface area (Å²) in [6.45, 7) is 3.29. The normalized spacial score (nSPS) is 17.1. The van der Waals surface area contributed by atoms with Gasteiger partial charge in [0, 0.05) is 31.9 Å². The molecule has 1 aliphatic rings. The molecule has 1 aliphatic heterocycles. The van der Waals surface area contributed by atoms with Crippen LogP contribution in [0, 0.1) is 0 Å². The van der Waals surface area contributed by atoms with Crippen molar-refractivity contribution in [2.24, 2.45) is 0 Å². The minimum Gasteiger partial charge on any atom is -0.486 e. The maximum atomic E-state index is 12.7. The Balaban J connectivity index is 1.33. The molecule has 0 bridgehead atoms. The molecule has 10 nitrogen and oxygen atoms in total. The van der Waals surface area contributed by atoms with Crippen LogP contribution in [0.3, 0.4) is 0 Å². The molecule has 1 atom stereocenters. The van der Waals surface area contributed by atoms with Crippen molar-refractivity contribution in [1.82, 2.24) is 20.1 Å². The molecule has 1 fully saturated rings. The van der Waals surface area contributed by atoms with Crippen molar-refractivity contribution < 1.29 is 30.8 Å². The summed E-state index contributed by atoms with van der Waals surface area (Å²) < 4.78 is 71.1. The second-order valence-electron chi connectivity index (χ2n) is 7.81. The van der Waals surface area contributed by atoms with Crippen LogP contribution < -0.4 is 14.5 Å². The molecule has 0 spiro atoms. The van der Waals surface area contributed by atoms with Gasteiger partial charge < -0.3 is 19.1 Å². The molecule has 34 heavy (non-hydrogen) atoms. The van der Waals surface area contributed by atoms with Gasteiger partial charge in [-0.05, 0) is 29.8 Å². The summed E-state index contributed by atoms with van der Waals surface area (Å²) in [7, 11) is -3.26. The number of anilines is 2. The highest BCUT2D eigenvalue weighted by molar-refractivity contribution is 7.90. The van der Waals surface area contributed by atoms with E-state index in [1.807, 2.05) is 11.8 Å². The van der Waals surface area contributed by atoms with Crippen molar-refractivity contribution >= 4 is 21.7 Å². The standard InChI is InChI=1S/C20H21F3N6O4S/c1-13-11-28(19-26-17(33-27-19)20(21,22)23)7-8-29(13)18-24-9-15(10-25-18)32-12-14-3-5-16(6-4-14)34(2,30)31/h3-6,9-10,13H,7-8,11-12H2,1-2H3/t13-/m1/s1. The summed E-state index contributed by atoms with van der Waals surface area (Å²) in [5.41, 5.74) is 0.788. The van der Waals surface area contributed by atoms with Crippen LogP contribution in [-0.4, -0.2) is 60.5 Å². The van der Waals surface area contributed by atoms with Crippen LogP contribution in [0.4, 0.5) is 25.1 Å². The zero-order chi connectivity index (χ0) is 24.5. The van der Waals surface area contributed by atoms with E-state index in [4.69, 9.17) is 4.74 Å². The number of rotatable bonds is 6. The number of alkyl halides is 3. The Morgan fingerprint density at radius 1 is 1.12 bits per heavy atom. The number of hydrogen-bond acceptors (Lipinski definition) is 10. The van der Waals surface area contributed by atoms with Gasteiger partial charge in [-0.3, -0.25) is 0 Å². The molecule has 2 aromatic heterocycles. The monoisotopic (exact) mass is 498 g/mol. The SMILES string of the molecule is C[C@@H]1CN(c2noc(C(F)(F)F)n2)CCN1c1ncc(OCc2ccc(S(C)(=O)=O)cc2)cn1. The second-order valence-corrected chi connectivity index (χ2v) is 9.83. The topological polar surface area (TPSA) is 115 Å². The quantitative estimate of drug-likeness (QED) is 0.502. The maximum absolute atomic E-state index is 12.7. The molecule has 1 aromatic carbocycles. The Morgan fingerprint density at radius 2 is 1.79 bits per heavy atom. The Bertz CT molecular complexity index is 1230. The number of halogens is 3. The van der Waals surface area contributed by atoms with Crippen LogP contribution in [0.2, 0.25) is 0 Å². The molecule has 0 saturated carbocycles. The van der Waals surface area contributed by atoms with Crippen LogP contribution in [0.5, 0.6) is 5.75 Å². The molecule has 0 amide bonds. The first-order valence-corrected chi connectivity index (χ1v) is 12.1. The summed E-state index contributed by atoms with van der Waals surface area (Å²) >= 11 is 0. The first kappa shape index (κ1) is 23.7. The number of nitrogens with zero attached hydrogens (tertiary/aromatic N) is 6. The van der Waals surface area contributed by atoms with Crippen molar-refractivity contribution in [3.05, 3.63) is 48.1 Å². The van der Waals surface area contributed by atoms with E-state index < -0.39 is 21.9 Å². The molecule has 4 rings (SSSR count). The Morgan fingerprint density at radius 3 is 2.35 bits per heavy atom. The van der Waals surface area contributed by atoms with Crippen molar-refractivity contribution in [1.29, 1.82) is 0 Å². The molecule has 1 saturated heterocycles. The lowest BCUT2D eigenvalue weighted by atomic mass is 10.2. The van der Waals surface area contributed by atoms with E-state index in [0.717, 1.165) is 11.8 Å². The van der Waals surface area contributed by atoms with E-state index in [2.05, 4.69) is 24.6 Å². The largest absolute Gasteiger partial charge is 0.486 e. The van der Waals surface area contributed by atoms with E-state index in [0.29, 0.717) is 31.3 Å². The minimum absolute atomic E-state index is 0.104. The molecule has 3 aromatic rings. The average molecular weight is 498 g/mol. The molecule has 0 unspecified atom stereocenters. The van der Waals surface area contributed by atoms with Crippen LogP contribution in [-0.2, 0) is 22.6 Å². The molecular formula is C20H21F3N6O4S. The highest BCUT2D eigenvalue weighted by Crippen LogP contribution is 2.29. The van der Waals surface area contributed by atoms with Gasteiger partial charge >= 0.3 is 12.1 Å². The number of benzene rings is 1. The third kappa shape index (κ3) is 5.38. The van der Waals surface area contributed by atoms with Gasteiger partial charge in [-0.25, -0.2) is 18.4 Å². The predicted molar refractivity (Wildman–Crippen MR) is 114 cm³/mol. The van der Waals surface area contributed by atoms with E-state index >= 15 is 0 Å². The number of aromatic nitrogens is 4. The Kier molecular flexibility index (Phi) is 6.34. The highest BCUT2D eigenvalue weighted by atomic mass is 32.2. The smallest absolute Gasteiger partial charge is 0.471 e. The number of ether oxygens (including phenoxy) is 1. The van der Waals surface area contributed by atoms with Crippen LogP contribution in [0.25, 0.3) is 0 Å². The van der Waals surface area contributed by atoms with Gasteiger partial charge in [0.1, 0.15) is 6.61 Å². The molecule has 182 valence electrons. The van der Waals surface area contributed by atoms with Gasteiger partial charge in [0.15, 0.2) is 15.6 Å². The Hall–Kier alpha value is -3.42. The summed E-state index contributed by atoms with van der Waals surface area (Å²) in [6.07, 6.45) is -0.481. The lowest BCUT2D eigenvalue weighted by Gasteiger charge is -2.39.